The Kier molecular flexibility index (Phi) is 4.01. The maximum Gasteiger partial charge on any atom is 0.264 e. The lowest BCUT2D eigenvalue weighted by molar-refractivity contribution is 0.567. The smallest absolute Gasteiger partial charge is 0.264 e. The Morgan fingerprint density at radius 3 is 2.55 bits per heavy atom. The lowest BCUT2D eigenvalue weighted by Gasteiger charge is -2.12. The van der Waals surface area contributed by atoms with Gasteiger partial charge in [0.2, 0.25) is 0 Å². The minimum Gasteiger partial charge on any atom is -0.399 e. The van der Waals surface area contributed by atoms with Gasteiger partial charge in [0.15, 0.2) is 5.82 Å². The summed E-state index contributed by atoms with van der Waals surface area (Å²) in [5.41, 5.74) is 6.84. The van der Waals surface area contributed by atoms with Gasteiger partial charge in [0.25, 0.3) is 10.0 Å². The fourth-order valence-corrected chi connectivity index (χ4v) is 3.54. The molecule has 0 atom stereocenters. The van der Waals surface area contributed by atoms with Gasteiger partial charge >= 0.3 is 0 Å². The second kappa shape index (κ2) is 5.41. The summed E-state index contributed by atoms with van der Waals surface area (Å²) in [4.78, 5) is -0.493. The summed E-state index contributed by atoms with van der Waals surface area (Å²) in [7, 11) is -4.05. The van der Waals surface area contributed by atoms with E-state index in [1.54, 1.807) is 31.2 Å². The topological polar surface area (TPSA) is 72.2 Å². The molecule has 2 aromatic carbocycles. The summed E-state index contributed by atoms with van der Waals surface area (Å²) in [6.07, 6.45) is 0. The van der Waals surface area contributed by atoms with Gasteiger partial charge in [-0.2, -0.15) is 0 Å². The second-order valence-electron chi connectivity index (χ2n) is 4.24. The van der Waals surface area contributed by atoms with E-state index in [0.29, 0.717) is 5.69 Å². The fraction of sp³-hybridized carbons (Fsp3) is 0.0769. The van der Waals surface area contributed by atoms with Crippen molar-refractivity contribution in [2.24, 2.45) is 0 Å². The van der Waals surface area contributed by atoms with Crippen LogP contribution in [0, 0.1) is 12.7 Å². The van der Waals surface area contributed by atoms with E-state index >= 15 is 0 Å². The van der Waals surface area contributed by atoms with E-state index in [4.69, 9.17) is 5.73 Å². The fourth-order valence-electron chi connectivity index (χ4n) is 1.67. The largest absolute Gasteiger partial charge is 0.399 e. The van der Waals surface area contributed by atoms with Crippen molar-refractivity contribution < 1.29 is 12.8 Å². The van der Waals surface area contributed by atoms with Crippen molar-refractivity contribution in [1.29, 1.82) is 0 Å². The van der Waals surface area contributed by atoms with E-state index in [2.05, 4.69) is 20.7 Å². The Bertz CT molecular complexity index is 763. The first kappa shape index (κ1) is 14.8. The van der Waals surface area contributed by atoms with Crippen molar-refractivity contribution in [3.63, 3.8) is 0 Å². The van der Waals surface area contributed by atoms with Gasteiger partial charge < -0.3 is 5.73 Å². The number of para-hydroxylation sites is 1. The molecule has 0 amide bonds. The molecule has 0 saturated heterocycles. The molecule has 0 saturated carbocycles. The monoisotopic (exact) mass is 358 g/mol. The molecule has 0 spiro atoms. The van der Waals surface area contributed by atoms with Crippen molar-refractivity contribution in [3.8, 4) is 0 Å². The second-order valence-corrected chi connectivity index (χ2v) is 6.74. The Morgan fingerprint density at radius 2 is 1.90 bits per heavy atom. The van der Waals surface area contributed by atoms with Gasteiger partial charge in [-0.15, -0.1) is 0 Å². The number of aryl methyl sites for hydroxylation is 1. The molecule has 0 fully saturated rings. The molecule has 0 bridgehead atoms. The summed E-state index contributed by atoms with van der Waals surface area (Å²) in [5.74, 6) is -0.875. The normalized spacial score (nSPS) is 11.3. The minimum absolute atomic E-state index is 0.00246. The predicted molar refractivity (Wildman–Crippen MR) is 80.5 cm³/mol. The molecule has 0 aliphatic heterocycles. The van der Waals surface area contributed by atoms with Gasteiger partial charge in [-0.3, -0.25) is 4.72 Å². The minimum atomic E-state index is -4.05. The summed E-state index contributed by atoms with van der Waals surface area (Å²) in [5, 5.41) is 0. The molecule has 20 heavy (non-hydrogen) atoms. The molecule has 4 nitrogen and oxygen atoms in total. The lowest BCUT2D eigenvalue weighted by Crippen LogP contribution is -2.16. The molecule has 0 aromatic heterocycles. The number of sulfonamides is 1. The van der Waals surface area contributed by atoms with Crippen LogP contribution in [0.2, 0.25) is 0 Å². The van der Waals surface area contributed by atoms with Gasteiger partial charge in [0.1, 0.15) is 4.90 Å². The highest BCUT2D eigenvalue weighted by atomic mass is 79.9. The molecule has 2 aromatic rings. The van der Waals surface area contributed by atoms with Crippen LogP contribution in [0.4, 0.5) is 15.8 Å². The first-order valence-corrected chi connectivity index (χ1v) is 7.92. The van der Waals surface area contributed by atoms with E-state index in [1.165, 1.54) is 6.07 Å². The molecule has 0 radical (unpaired) electrons. The third kappa shape index (κ3) is 2.94. The van der Waals surface area contributed by atoms with Crippen molar-refractivity contribution in [2.45, 2.75) is 11.8 Å². The molecule has 0 aliphatic rings. The molecule has 106 valence electrons. The van der Waals surface area contributed by atoms with E-state index in [-0.39, 0.29) is 10.2 Å². The van der Waals surface area contributed by atoms with E-state index in [1.807, 2.05) is 0 Å². The Labute approximate surface area is 125 Å². The zero-order valence-corrected chi connectivity index (χ0v) is 12.9. The summed E-state index contributed by atoms with van der Waals surface area (Å²) in [6, 6.07) is 9.22. The van der Waals surface area contributed by atoms with Crippen LogP contribution >= 0.6 is 15.9 Å². The van der Waals surface area contributed by atoms with Gasteiger partial charge in [-0.25, -0.2) is 12.8 Å². The summed E-state index contributed by atoms with van der Waals surface area (Å²) < 4.78 is 40.8. The third-order valence-electron chi connectivity index (χ3n) is 2.70. The van der Waals surface area contributed by atoms with E-state index < -0.39 is 20.7 Å². The van der Waals surface area contributed by atoms with Crippen LogP contribution in [0.15, 0.2) is 45.8 Å². The molecule has 7 heteroatoms. The Hall–Kier alpha value is -1.60. The van der Waals surface area contributed by atoms with Crippen LogP contribution in [-0.2, 0) is 10.0 Å². The SMILES string of the molecule is Cc1ccccc1NS(=O)(=O)c1cc(N)cc(Br)c1F. The van der Waals surface area contributed by atoms with Gasteiger partial charge in [-0.05, 0) is 46.6 Å². The maximum absolute atomic E-state index is 14.0. The number of hydrogen-bond acceptors (Lipinski definition) is 3. The third-order valence-corrected chi connectivity index (χ3v) is 4.64. The van der Waals surface area contributed by atoms with Crippen LogP contribution in [0.5, 0.6) is 0 Å². The maximum atomic E-state index is 14.0. The van der Waals surface area contributed by atoms with Gasteiger partial charge in [0.05, 0.1) is 10.2 Å². The first-order chi connectivity index (χ1) is 9.31. The summed E-state index contributed by atoms with van der Waals surface area (Å²) in [6.45, 7) is 1.75. The Morgan fingerprint density at radius 1 is 1.25 bits per heavy atom. The number of nitrogen functional groups attached to an aromatic ring is 1. The highest BCUT2D eigenvalue weighted by Crippen LogP contribution is 2.28. The highest BCUT2D eigenvalue weighted by Gasteiger charge is 2.22. The van der Waals surface area contributed by atoms with Crippen LogP contribution in [0.3, 0.4) is 0 Å². The molecular weight excluding hydrogens is 347 g/mol. The molecule has 0 unspecified atom stereocenters. The van der Waals surface area contributed by atoms with Crippen LogP contribution < -0.4 is 10.5 Å². The molecule has 0 aliphatic carbocycles. The number of rotatable bonds is 3. The lowest BCUT2D eigenvalue weighted by atomic mass is 10.2. The molecule has 3 N–H and O–H groups in total. The quantitative estimate of drug-likeness (QED) is 0.827. The molecule has 2 rings (SSSR count). The number of nitrogens with one attached hydrogen (secondary N) is 1. The number of nitrogens with two attached hydrogens (primary N) is 1. The van der Waals surface area contributed by atoms with Crippen molar-refractivity contribution in [3.05, 3.63) is 52.3 Å². The van der Waals surface area contributed by atoms with E-state index in [9.17, 15) is 12.8 Å². The van der Waals surface area contributed by atoms with Crippen LogP contribution in [0.25, 0.3) is 0 Å². The van der Waals surface area contributed by atoms with Crippen LogP contribution in [0.1, 0.15) is 5.56 Å². The van der Waals surface area contributed by atoms with Crippen LogP contribution in [-0.4, -0.2) is 8.42 Å². The number of anilines is 2. The standard InChI is InChI=1S/C13H12BrFN2O2S/c1-8-4-2-3-5-11(8)17-20(18,19)12-7-9(16)6-10(14)13(12)15/h2-7,17H,16H2,1H3. The zero-order chi connectivity index (χ0) is 14.9. The van der Waals surface area contributed by atoms with Gasteiger partial charge in [0, 0.05) is 5.69 Å². The van der Waals surface area contributed by atoms with Gasteiger partial charge in [-0.1, -0.05) is 18.2 Å². The first-order valence-electron chi connectivity index (χ1n) is 5.64. The summed E-state index contributed by atoms with van der Waals surface area (Å²) >= 11 is 2.94. The Balaban J connectivity index is 2.49. The van der Waals surface area contributed by atoms with Crippen molar-refractivity contribution in [1.82, 2.24) is 0 Å². The van der Waals surface area contributed by atoms with Crippen molar-refractivity contribution in [2.75, 3.05) is 10.5 Å². The molecular formula is C13H12BrFN2O2S. The molecule has 0 heterocycles. The predicted octanol–water partition coefficient (Wildman–Crippen LogP) is 3.28. The van der Waals surface area contributed by atoms with E-state index in [0.717, 1.165) is 11.6 Å². The average Bonchev–Trinajstić information content (AvgIpc) is 2.36. The number of halogens is 2. The number of hydrogen-bond donors (Lipinski definition) is 2. The van der Waals surface area contributed by atoms with Crippen molar-refractivity contribution >= 4 is 37.3 Å². The average molecular weight is 359 g/mol. The number of benzene rings is 2. The zero-order valence-electron chi connectivity index (χ0n) is 10.5. The highest BCUT2D eigenvalue weighted by molar-refractivity contribution is 9.10.